The molecule has 0 aliphatic heterocycles. The van der Waals surface area contributed by atoms with Crippen LogP contribution in [0.5, 0.6) is 5.75 Å². The standard InChI is InChI=1S/C25H24N2O4S/c1-15-5-7-18(8-6-15)21-16(2)32-23-22(21)24(28)27(17(3)26-23)13-4-14-31-20-11-9-19(10-12-20)25(29)30/h5-12H,4,13-14H2,1-3H3,(H,29,30). The first-order chi connectivity index (χ1) is 15.3. The quantitative estimate of drug-likeness (QED) is 0.392. The van der Waals surface area contributed by atoms with E-state index < -0.39 is 5.97 Å². The SMILES string of the molecule is Cc1ccc(-c2c(C)sc3nc(C)n(CCCOc4ccc(C(=O)O)cc4)c(=O)c23)cc1. The molecule has 4 rings (SSSR count). The van der Waals surface area contributed by atoms with Crippen molar-refractivity contribution < 1.29 is 14.6 Å². The van der Waals surface area contributed by atoms with Crippen LogP contribution in [0.25, 0.3) is 21.3 Å². The Kier molecular flexibility index (Phi) is 6.10. The second kappa shape index (κ2) is 8.96. The molecule has 0 radical (unpaired) electrons. The van der Waals surface area contributed by atoms with Gasteiger partial charge in [-0.05, 0) is 57.0 Å². The molecule has 0 saturated heterocycles. The highest BCUT2D eigenvalue weighted by atomic mass is 32.1. The number of nitrogens with zero attached hydrogens (tertiary/aromatic N) is 2. The second-order valence-corrected chi connectivity index (χ2v) is 8.93. The zero-order valence-electron chi connectivity index (χ0n) is 18.2. The van der Waals surface area contributed by atoms with Gasteiger partial charge in [0, 0.05) is 17.0 Å². The van der Waals surface area contributed by atoms with Crippen molar-refractivity contribution in [3.63, 3.8) is 0 Å². The molecule has 6 nitrogen and oxygen atoms in total. The number of aromatic nitrogens is 2. The van der Waals surface area contributed by atoms with Crippen molar-refractivity contribution in [1.29, 1.82) is 0 Å². The first-order valence-corrected chi connectivity index (χ1v) is 11.2. The Balaban J connectivity index is 1.55. The van der Waals surface area contributed by atoms with E-state index in [0.717, 1.165) is 20.8 Å². The van der Waals surface area contributed by atoms with Crippen molar-refractivity contribution in [2.24, 2.45) is 0 Å². The van der Waals surface area contributed by atoms with Crippen LogP contribution in [0.15, 0.2) is 53.3 Å². The van der Waals surface area contributed by atoms with Crippen LogP contribution in [0, 0.1) is 20.8 Å². The van der Waals surface area contributed by atoms with Gasteiger partial charge in [0.15, 0.2) is 0 Å². The Morgan fingerprint density at radius 1 is 1.06 bits per heavy atom. The van der Waals surface area contributed by atoms with Crippen molar-refractivity contribution in [2.45, 2.75) is 33.7 Å². The molecule has 4 aromatic rings. The highest BCUT2D eigenvalue weighted by molar-refractivity contribution is 7.19. The van der Waals surface area contributed by atoms with Crippen LogP contribution in [0.3, 0.4) is 0 Å². The summed E-state index contributed by atoms with van der Waals surface area (Å²) in [7, 11) is 0. The fourth-order valence-corrected chi connectivity index (χ4v) is 4.82. The first kappa shape index (κ1) is 21.8. The van der Waals surface area contributed by atoms with Gasteiger partial charge in [-0.15, -0.1) is 11.3 Å². The summed E-state index contributed by atoms with van der Waals surface area (Å²) in [5, 5.41) is 9.64. The van der Waals surface area contributed by atoms with Crippen molar-refractivity contribution in [3.8, 4) is 16.9 Å². The van der Waals surface area contributed by atoms with Gasteiger partial charge in [-0.3, -0.25) is 9.36 Å². The van der Waals surface area contributed by atoms with Gasteiger partial charge in [-0.1, -0.05) is 29.8 Å². The summed E-state index contributed by atoms with van der Waals surface area (Å²) in [5.74, 6) is 0.316. The van der Waals surface area contributed by atoms with Crippen LogP contribution in [0.1, 0.15) is 33.0 Å². The Hall–Kier alpha value is -3.45. The number of thiophene rings is 1. The fourth-order valence-electron chi connectivity index (χ4n) is 3.73. The molecule has 2 aromatic heterocycles. The molecule has 0 amide bonds. The van der Waals surface area contributed by atoms with Crippen molar-refractivity contribution in [2.75, 3.05) is 6.61 Å². The van der Waals surface area contributed by atoms with Crippen molar-refractivity contribution in [1.82, 2.24) is 9.55 Å². The van der Waals surface area contributed by atoms with E-state index in [0.29, 0.717) is 36.5 Å². The van der Waals surface area contributed by atoms with Gasteiger partial charge in [0.2, 0.25) is 0 Å². The monoisotopic (exact) mass is 448 g/mol. The van der Waals surface area contributed by atoms with Gasteiger partial charge in [-0.25, -0.2) is 9.78 Å². The normalized spacial score (nSPS) is 11.1. The molecule has 2 heterocycles. The van der Waals surface area contributed by atoms with E-state index in [1.165, 1.54) is 17.7 Å². The maximum absolute atomic E-state index is 13.4. The van der Waals surface area contributed by atoms with Crippen LogP contribution in [-0.2, 0) is 6.54 Å². The molecule has 0 spiro atoms. The molecule has 0 bridgehead atoms. The highest BCUT2D eigenvalue weighted by Crippen LogP contribution is 2.35. The lowest BCUT2D eigenvalue weighted by molar-refractivity contribution is 0.0697. The molecule has 2 aromatic carbocycles. The lowest BCUT2D eigenvalue weighted by atomic mass is 10.0. The van der Waals surface area contributed by atoms with Crippen LogP contribution in [0.4, 0.5) is 0 Å². The number of hydrogen-bond acceptors (Lipinski definition) is 5. The number of aryl methyl sites for hydroxylation is 3. The molecule has 0 unspecified atom stereocenters. The van der Waals surface area contributed by atoms with Gasteiger partial charge in [-0.2, -0.15) is 0 Å². The topological polar surface area (TPSA) is 81.4 Å². The summed E-state index contributed by atoms with van der Waals surface area (Å²) in [6, 6.07) is 14.5. The lowest BCUT2D eigenvalue weighted by Gasteiger charge is -2.11. The number of carboxylic acid groups (broad SMARTS) is 1. The fraction of sp³-hybridized carbons (Fsp3) is 0.240. The Labute approximate surface area is 189 Å². The van der Waals surface area contributed by atoms with E-state index >= 15 is 0 Å². The number of ether oxygens (including phenoxy) is 1. The third kappa shape index (κ3) is 4.29. The smallest absolute Gasteiger partial charge is 0.335 e. The van der Waals surface area contributed by atoms with E-state index in [4.69, 9.17) is 14.8 Å². The predicted molar refractivity (Wildman–Crippen MR) is 127 cm³/mol. The van der Waals surface area contributed by atoms with Crippen LogP contribution < -0.4 is 10.3 Å². The average molecular weight is 449 g/mol. The van der Waals surface area contributed by atoms with Gasteiger partial charge in [0.05, 0.1) is 17.6 Å². The van der Waals surface area contributed by atoms with E-state index in [2.05, 4.69) is 24.3 Å². The van der Waals surface area contributed by atoms with E-state index in [1.807, 2.05) is 20.8 Å². The number of hydrogen-bond donors (Lipinski definition) is 1. The Morgan fingerprint density at radius 2 is 1.75 bits per heavy atom. The predicted octanol–water partition coefficient (Wildman–Crippen LogP) is 5.22. The molecule has 0 fully saturated rings. The van der Waals surface area contributed by atoms with E-state index in [9.17, 15) is 9.59 Å². The summed E-state index contributed by atoms with van der Waals surface area (Å²) in [4.78, 5) is 30.9. The molecule has 7 heteroatoms. The Morgan fingerprint density at radius 3 is 2.41 bits per heavy atom. The third-order valence-corrected chi connectivity index (χ3v) is 6.41. The maximum atomic E-state index is 13.4. The summed E-state index contributed by atoms with van der Waals surface area (Å²) in [5.41, 5.74) is 3.36. The largest absolute Gasteiger partial charge is 0.494 e. The molecule has 0 aliphatic carbocycles. The van der Waals surface area contributed by atoms with Crippen molar-refractivity contribution in [3.05, 3.63) is 80.7 Å². The number of carbonyl (C=O) groups is 1. The molecule has 32 heavy (non-hydrogen) atoms. The number of fused-ring (bicyclic) bond motifs is 1. The molecular weight excluding hydrogens is 424 g/mol. The average Bonchev–Trinajstić information content (AvgIpc) is 3.09. The first-order valence-electron chi connectivity index (χ1n) is 10.4. The van der Waals surface area contributed by atoms with Gasteiger partial charge in [0.1, 0.15) is 16.4 Å². The minimum absolute atomic E-state index is 0.0294. The van der Waals surface area contributed by atoms with Crippen LogP contribution in [0.2, 0.25) is 0 Å². The minimum Gasteiger partial charge on any atom is -0.494 e. The van der Waals surface area contributed by atoms with Gasteiger partial charge in [0.25, 0.3) is 5.56 Å². The number of aromatic carboxylic acids is 1. The van der Waals surface area contributed by atoms with Gasteiger partial charge >= 0.3 is 5.97 Å². The molecular formula is C25H24N2O4S. The number of benzene rings is 2. The Bertz CT molecular complexity index is 1340. The molecule has 0 aliphatic rings. The van der Waals surface area contributed by atoms with Gasteiger partial charge < -0.3 is 9.84 Å². The van der Waals surface area contributed by atoms with Crippen LogP contribution >= 0.6 is 11.3 Å². The summed E-state index contributed by atoms with van der Waals surface area (Å²) in [6.07, 6.45) is 0.623. The zero-order chi connectivity index (χ0) is 22.8. The summed E-state index contributed by atoms with van der Waals surface area (Å²) >= 11 is 1.55. The molecule has 164 valence electrons. The number of carboxylic acids is 1. The zero-order valence-corrected chi connectivity index (χ0v) is 19.0. The maximum Gasteiger partial charge on any atom is 0.335 e. The van der Waals surface area contributed by atoms with Crippen molar-refractivity contribution >= 4 is 27.5 Å². The minimum atomic E-state index is -0.969. The molecule has 0 saturated carbocycles. The lowest BCUT2D eigenvalue weighted by Crippen LogP contribution is -2.24. The van der Waals surface area contributed by atoms with Crippen LogP contribution in [-0.4, -0.2) is 27.2 Å². The van der Waals surface area contributed by atoms with E-state index in [1.54, 1.807) is 28.0 Å². The van der Waals surface area contributed by atoms with E-state index in [-0.39, 0.29) is 11.1 Å². The second-order valence-electron chi connectivity index (χ2n) is 7.73. The summed E-state index contributed by atoms with van der Waals surface area (Å²) < 4.78 is 7.42. The molecule has 0 atom stereocenters. The third-order valence-electron chi connectivity index (χ3n) is 5.41. The number of rotatable bonds is 7. The molecule has 1 N–H and O–H groups in total. The highest BCUT2D eigenvalue weighted by Gasteiger charge is 2.18. The summed E-state index contributed by atoms with van der Waals surface area (Å²) in [6.45, 7) is 6.83.